The van der Waals surface area contributed by atoms with Crippen molar-refractivity contribution in [3.8, 4) is 11.1 Å². The maximum atomic E-state index is 14.2. The second-order valence-electron chi connectivity index (χ2n) is 10.5. The monoisotopic (exact) mass is 600 g/mol. The van der Waals surface area contributed by atoms with E-state index in [2.05, 4.69) is 10.3 Å². The molecule has 6 nitrogen and oxygen atoms in total. The van der Waals surface area contributed by atoms with Gasteiger partial charge in [-0.25, -0.2) is 13.2 Å². The molecule has 0 saturated heterocycles. The average Bonchev–Trinajstić information content (AvgIpc) is 3.68. The van der Waals surface area contributed by atoms with Gasteiger partial charge in [0.2, 0.25) is 5.91 Å². The molecule has 43 heavy (non-hydrogen) atoms. The molecule has 1 fully saturated rings. The van der Waals surface area contributed by atoms with Gasteiger partial charge < -0.3 is 15.6 Å². The Bertz CT molecular complexity index is 1680. The summed E-state index contributed by atoms with van der Waals surface area (Å²) in [6, 6.07) is 8.61. The minimum absolute atomic E-state index is 0.0993. The van der Waals surface area contributed by atoms with Crippen LogP contribution in [0.25, 0.3) is 11.1 Å². The Labute approximate surface area is 242 Å². The molecule has 1 saturated carbocycles. The van der Waals surface area contributed by atoms with Crippen LogP contribution in [-0.4, -0.2) is 21.4 Å². The van der Waals surface area contributed by atoms with Crippen LogP contribution in [0.15, 0.2) is 67.0 Å². The van der Waals surface area contributed by atoms with Gasteiger partial charge in [0, 0.05) is 29.7 Å². The quantitative estimate of drug-likeness (QED) is 0.212. The SMILES string of the molecule is CC(C(=O)N[C@@H](Cc1cc(F)cc(F)c1)c1ncccc1-c1ccc(F)c(C(N)=O)c1)n1cc(C(F)(F)F)cc1C1CC1. The molecule has 4 aromatic rings. The van der Waals surface area contributed by atoms with Crippen molar-refractivity contribution >= 4 is 11.8 Å². The van der Waals surface area contributed by atoms with Gasteiger partial charge in [-0.1, -0.05) is 12.1 Å². The van der Waals surface area contributed by atoms with E-state index in [-0.39, 0.29) is 29.2 Å². The van der Waals surface area contributed by atoms with Crippen LogP contribution in [0.3, 0.4) is 0 Å². The molecule has 2 aromatic heterocycles. The number of aromatic nitrogens is 2. The van der Waals surface area contributed by atoms with Gasteiger partial charge >= 0.3 is 6.18 Å². The number of nitrogens with one attached hydrogen (secondary N) is 1. The largest absolute Gasteiger partial charge is 0.417 e. The van der Waals surface area contributed by atoms with Gasteiger partial charge in [-0.05, 0) is 79.6 Å². The van der Waals surface area contributed by atoms with Gasteiger partial charge in [0.15, 0.2) is 0 Å². The minimum Gasteiger partial charge on any atom is -0.366 e. The Balaban J connectivity index is 1.55. The van der Waals surface area contributed by atoms with Gasteiger partial charge in [-0.3, -0.25) is 14.6 Å². The fourth-order valence-electron chi connectivity index (χ4n) is 5.11. The summed E-state index contributed by atoms with van der Waals surface area (Å²) < 4.78 is 84.4. The predicted molar refractivity (Wildman–Crippen MR) is 145 cm³/mol. The number of nitrogens with two attached hydrogens (primary N) is 1. The highest BCUT2D eigenvalue weighted by Crippen LogP contribution is 2.44. The van der Waals surface area contributed by atoms with E-state index in [0.29, 0.717) is 35.7 Å². The second-order valence-corrected chi connectivity index (χ2v) is 10.5. The van der Waals surface area contributed by atoms with E-state index in [1.807, 2.05) is 0 Å². The number of benzene rings is 2. The normalized spacial score (nSPS) is 14.8. The maximum absolute atomic E-state index is 14.2. The summed E-state index contributed by atoms with van der Waals surface area (Å²) in [5.41, 5.74) is 5.52. The van der Waals surface area contributed by atoms with E-state index < -0.39 is 53.1 Å². The Kier molecular flexibility index (Phi) is 8.04. The first-order valence-electron chi connectivity index (χ1n) is 13.4. The highest BCUT2D eigenvalue weighted by molar-refractivity contribution is 5.94. The highest BCUT2D eigenvalue weighted by atomic mass is 19.4. The van der Waals surface area contributed by atoms with E-state index in [9.17, 15) is 35.9 Å². The molecular weight excluding hydrogens is 574 g/mol. The van der Waals surface area contributed by atoms with Crippen LogP contribution in [0, 0.1) is 17.5 Å². The molecule has 1 aliphatic rings. The zero-order valence-electron chi connectivity index (χ0n) is 22.8. The molecule has 3 N–H and O–H groups in total. The highest BCUT2D eigenvalue weighted by Gasteiger charge is 2.38. The molecule has 12 heteroatoms. The van der Waals surface area contributed by atoms with E-state index in [0.717, 1.165) is 30.5 Å². The van der Waals surface area contributed by atoms with Crippen molar-refractivity contribution in [2.45, 2.75) is 50.4 Å². The van der Waals surface area contributed by atoms with Crippen LogP contribution in [0.1, 0.15) is 70.6 Å². The fraction of sp³-hybridized carbons (Fsp3) is 0.258. The third kappa shape index (κ3) is 6.58. The molecule has 0 radical (unpaired) electrons. The molecule has 2 aromatic carbocycles. The van der Waals surface area contributed by atoms with Crippen molar-refractivity contribution in [3.05, 3.63) is 113 Å². The van der Waals surface area contributed by atoms with Gasteiger partial charge in [0.05, 0.1) is 22.9 Å². The first-order valence-corrected chi connectivity index (χ1v) is 13.4. The second kappa shape index (κ2) is 11.6. The number of hydrogen-bond acceptors (Lipinski definition) is 3. The van der Waals surface area contributed by atoms with Crippen molar-refractivity contribution in [3.63, 3.8) is 0 Å². The third-order valence-electron chi connectivity index (χ3n) is 7.39. The lowest BCUT2D eigenvalue weighted by Gasteiger charge is -2.25. The van der Waals surface area contributed by atoms with Gasteiger partial charge in [-0.15, -0.1) is 0 Å². The maximum Gasteiger partial charge on any atom is 0.417 e. The zero-order chi connectivity index (χ0) is 31.1. The standard InChI is InChI=1S/C31H26F6N4O2/c1-16(41-15-20(31(35,36)37)13-27(41)18-4-5-18)30(43)40-26(11-17-9-21(32)14-22(33)10-17)28-23(3-2-8-39-28)19-6-7-25(34)24(12-19)29(38)42/h2-3,6-10,12-16,18,26H,4-5,11H2,1H3,(H2,38,42)(H,40,43)/t16?,26-/m0/s1. The number of halogens is 6. The Morgan fingerprint density at radius 3 is 2.37 bits per heavy atom. The summed E-state index contributed by atoms with van der Waals surface area (Å²) in [5, 5.41) is 2.80. The number of pyridine rings is 1. The van der Waals surface area contributed by atoms with E-state index in [4.69, 9.17) is 5.73 Å². The lowest BCUT2D eigenvalue weighted by Crippen LogP contribution is -2.36. The molecule has 0 aliphatic heterocycles. The lowest BCUT2D eigenvalue weighted by molar-refractivity contribution is -0.137. The van der Waals surface area contributed by atoms with Gasteiger partial charge in [-0.2, -0.15) is 13.2 Å². The topological polar surface area (TPSA) is 90.0 Å². The first kappa shape index (κ1) is 29.9. The number of rotatable bonds is 9. The zero-order valence-corrected chi connectivity index (χ0v) is 22.8. The molecule has 5 rings (SSSR count). The summed E-state index contributed by atoms with van der Waals surface area (Å²) in [6.07, 6.45) is -1.03. The molecule has 2 heterocycles. The average molecular weight is 601 g/mol. The van der Waals surface area contributed by atoms with Crippen LogP contribution in [0.4, 0.5) is 26.3 Å². The summed E-state index contributed by atoms with van der Waals surface area (Å²) in [4.78, 5) is 29.8. The molecule has 2 amide bonds. The molecule has 1 aliphatic carbocycles. The van der Waals surface area contributed by atoms with Gasteiger partial charge in [0.1, 0.15) is 23.5 Å². The number of primary amides is 1. The molecular formula is C31H26F6N4O2. The molecule has 2 atom stereocenters. The van der Waals surface area contributed by atoms with Gasteiger partial charge in [0.25, 0.3) is 5.91 Å². The number of amides is 2. The number of nitrogens with zero attached hydrogens (tertiary/aromatic N) is 2. The summed E-state index contributed by atoms with van der Waals surface area (Å²) in [7, 11) is 0. The van der Waals surface area contributed by atoms with Crippen molar-refractivity contribution in [1.29, 1.82) is 0 Å². The van der Waals surface area contributed by atoms with Crippen LogP contribution in [0.5, 0.6) is 0 Å². The predicted octanol–water partition coefficient (Wildman–Crippen LogP) is 6.62. The van der Waals surface area contributed by atoms with E-state index in [1.165, 1.54) is 29.8 Å². The summed E-state index contributed by atoms with van der Waals surface area (Å²) >= 11 is 0. The van der Waals surface area contributed by atoms with E-state index in [1.54, 1.807) is 12.1 Å². The number of carbonyl (C=O) groups is 2. The number of alkyl halides is 3. The molecule has 1 unspecified atom stereocenters. The third-order valence-corrected chi connectivity index (χ3v) is 7.39. The molecule has 224 valence electrons. The van der Waals surface area contributed by atoms with Crippen molar-refractivity contribution in [1.82, 2.24) is 14.9 Å². The van der Waals surface area contributed by atoms with Crippen LogP contribution in [0.2, 0.25) is 0 Å². The van der Waals surface area contributed by atoms with Crippen LogP contribution >= 0.6 is 0 Å². The Hall–Kier alpha value is -4.61. The molecule has 0 spiro atoms. The van der Waals surface area contributed by atoms with Crippen molar-refractivity contribution in [2.75, 3.05) is 0 Å². The number of carbonyl (C=O) groups excluding carboxylic acids is 2. The molecule has 0 bridgehead atoms. The summed E-state index contributed by atoms with van der Waals surface area (Å²) in [6.45, 7) is 1.46. The van der Waals surface area contributed by atoms with Crippen molar-refractivity contribution < 1.29 is 35.9 Å². The summed E-state index contributed by atoms with van der Waals surface area (Å²) in [5.74, 6) is -4.30. The van der Waals surface area contributed by atoms with E-state index >= 15 is 0 Å². The minimum atomic E-state index is -4.60. The van der Waals surface area contributed by atoms with Crippen molar-refractivity contribution in [2.24, 2.45) is 5.73 Å². The lowest BCUT2D eigenvalue weighted by atomic mass is 9.94. The number of hydrogen-bond donors (Lipinski definition) is 2. The Morgan fingerprint density at radius 1 is 1.05 bits per heavy atom. The van der Waals surface area contributed by atoms with Crippen LogP contribution in [-0.2, 0) is 17.4 Å². The van der Waals surface area contributed by atoms with Crippen LogP contribution < -0.4 is 11.1 Å². The first-order chi connectivity index (χ1) is 20.3. The smallest absolute Gasteiger partial charge is 0.366 e. The Morgan fingerprint density at radius 2 is 1.74 bits per heavy atom. The fourth-order valence-corrected chi connectivity index (χ4v) is 5.11.